The van der Waals surface area contributed by atoms with E-state index in [2.05, 4.69) is 61.5 Å². The van der Waals surface area contributed by atoms with Crippen molar-refractivity contribution in [1.82, 2.24) is 19.9 Å². The van der Waals surface area contributed by atoms with E-state index in [1.54, 1.807) is 0 Å². The minimum atomic E-state index is -0.428. The van der Waals surface area contributed by atoms with Gasteiger partial charge in [0.1, 0.15) is 0 Å². The van der Waals surface area contributed by atoms with Crippen molar-refractivity contribution in [1.29, 1.82) is 0 Å². The maximum atomic E-state index is 4.55. The van der Waals surface area contributed by atoms with Crippen LogP contribution in [0.5, 0.6) is 0 Å². The van der Waals surface area contributed by atoms with Gasteiger partial charge in [-0.05, 0) is 50.6 Å². The molecule has 2 heterocycles. The summed E-state index contributed by atoms with van der Waals surface area (Å²) in [5, 5.41) is 0.375. The summed E-state index contributed by atoms with van der Waals surface area (Å²) in [4.78, 5) is 18.2. The molecule has 0 bridgehead atoms. The lowest BCUT2D eigenvalue weighted by molar-refractivity contribution is 0.778. The van der Waals surface area contributed by atoms with E-state index in [0.717, 1.165) is 23.5 Å². The van der Waals surface area contributed by atoms with Gasteiger partial charge < -0.3 is 0 Å². The second-order valence-electron chi connectivity index (χ2n) is 7.74. The van der Waals surface area contributed by atoms with Crippen LogP contribution in [0, 0.1) is 0 Å². The highest BCUT2D eigenvalue weighted by atomic mass is 31.1. The van der Waals surface area contributed by atoms with Gasteiger partial charge in [0, 0.05) is 24.8 Å². The molecule has 0 unspecified atom stereocenters. The summed E-state index contributed by atoms with van der Waals surface area (Å²) in [6.07, 6.45) is 9.66. The van der Waals surface area contributed by atoms with E-state index in [1.165, 1.54) is 0 Å². The highest BCUT2D eigenvalue weighted by Gasteiger charge is 2.33. The molecule has 24 heavy (non-hydrogen) atoms. The Morgan fingerprint density at radius 2 is 0.917 bits per heavy atom. The number of aromatic nitrogens is 4. The lowest BCUT2D eigenvalue weighted by Crippen LogP contribution is -2.29. The first-order valence-corrected chi connectivity index (χ1v) is 11.3. The fraction of sp³-hybridized carbons (Fsp3) is 0.556. The quantitative estimate of drug-likeness (QED) is 0.760. The fourth-order valence-corrected chi connectivity index (χ4v) is 7.90. The Hall–Kier alpha value is -0.980. The Balaban J connectivity index is 2.23. The van der Waals surface area contributed by atoms with Gasteiger partial charge in [-0.25, -0.2) is 19.9 Å². The van der Waals surface area contributed by atoms with Crippen molar-refractivity contribution in [3.63, 3.8) is 0 Å². The number of nitrogens with zero attached hydrogens (tertiary/aromatic N) is 4. The molecule has 0 aliphatic heterocycles. The van der Waals surface area contributed by atoms with E-state index in [0.29, 0.717) is 0 Å². The van der Waals surface area contributed by atoms with Gasteiger partial charge in [-0.15, -0.1) is 0 Å². The zero-order chi connectivity index (χ0) is 17.8. The van der Waals surface area contributed by atoms with Gasteiger partial charge in [-0.2, -0.15) is 0 Å². The molecule has 0 aromatic carbocycles. The van der Waals surface area contributed by atoms with E-state index >= 15 is 0 Å². The molecule has 2 aromatic rings. The summed E-state index contributed by atoms with van der Waals surface area (Å²) in [6.45, 7) is 13.8. The average Bonchev–Trinajstić information content (AvgIpc) is 2.51. The molecular formula is C18H28N4P2. The predicted molar refractivity (Wildman–Crippen MR) is 106 cm³/mol. The molecule has 2 atom stereocenters. The van der Waals surface area contributed by atoms with Crippen LogP contribution in [0.4, 0.5) is 0 Å². The summed E-state index contributed by atoms with van der Waals surface area (Å²) < 4.78 is 0. The van der Waals surface area contributed by atoms with Crippen molar-refractivity contribution in [2.45, 2.75) is 51.9 Å². The van der Waals surface area contributed by atoms with Crippen molar-refractivity contribution in [3.8, 4) is 0 Å². The highest BCUT2D eigenvalue weighted by molar-refractivity contribution is 7.70. The van der Waals surface area contributed by atoms with Crippen LogP contribution in [0.2, 0.25) is 0 Å². The SMILES string of the molecule is CC(C)(C)[P@@](CC[P@@](c1ncccn1)C(C)(C)C)c1ncccn1. The lowest BCUT2D eigenvalue weighted by atomic mass is 10.3. The topological polar surface area (TPSA) is 51.6 Å². The third-order valence-corrected chi connectivity index (χ3v) is 10.1. The monoisotopic (exact) mass is 362 g/mol. The van der Waals surface area contributed by atoms with Crippen LogP contribution in [0.25, 0.3) is 0 Å². The zero-order valence-electron chi connectivity index (χ0n) is 15.6. The van der Waals surface area contributed by atoms with Crippen molar-refractivity contribution >= 4 is 27.0 Å². The zero-order valence-corrected chi connectivity index (χ0v) is 17.4. The molecule has 0 aliphatic rings. The van der Waals surface area contributed by atoms with Gasteiger partial charge in [-0.1, -0.05) is 41.5 Å². The Kier molecular flexibility index (Phi) is 6.39. The minimum Gasteiger partial charge on any atom is -0.237 e. The van der Waals surface area contributed by atoms with Gasteiger partial charge in [0.25, 0.3) is 0 Å². The van der Waals surface area contributed by atoms with Crippen LogP contribution in [0.3, 0.4) is 0 Å². The van der Waals surface area contributed by atoms with Gasteiger partial charge in [0.05, 0.1) is 0 Å². The highest BCUT2D eigenvalue weighted by Crippen LogP contribution is 2.53. The molecule has 0 N–H and O–H groups in total. The standard InChI is InChI=1S/C18H28N4P2/c1-17(2,3)23(15-19-9-7-10-20-15)13-14-24(18(4,5)6)16-21-11-8-12-22-16/h7-12H,13-14H2,1-6H3/t23-,24-/m0/s1. The summed E-state index contributed by atoms with van der Waals surface area (Å²) in [6, 6.07) is 3.78. The van der Waals surface area contributed by atoms with Crippen LogP contribution in [-0.2, 0) is 0 Å². The van der Waals surface area contributed by atoms with Gasteiger partial charge in [0.15, 0.2) is 11.1 Å². The van der Waals surface area contributed by atoms with Crippen molar-refractivity contribution in [2.24, 2.45) is 0 Å². The maximum absolute atomic E-state index is 4.55. The molecule has 0 saturated carbocycles. The number of hydrogen-bond donors (Lipinski definition) is 0. The summed E-state index contributed by atoms with van der Waals surface area (Å²) in [5.41, 5.74) is 2.02. The van der Waals surface area contributed by atoms with Gasteiger partial charge >= 0.3 is 0 Å². The minimum absolute atomic E-state index is 0.188. The molecule has 2 rings (SSSR count). The summed E-state index contributed by atoms with van der Waals surface area (Å²) in [5.74, 6) is 0. The van der Waals surface area contributed by atoms with Crippen LogP contribution in [-0.4, -0.2) is 42.6 Å². The van der Waals surface area contributed by atoms with Crippen molar-refractivity contribution in [3.05, 3.63) is 36.9 Å². The molecule has 0 aliphatic carbocycles. The van der Waals surface area contributed by atoms with Gasteiger partial charge in [-0.3, -0.25) is 0 Å². The molecule has 0 saturated heterocycles. The molecular weight excluding hydrogens is 334 g/mol. The van der Waals surface area contributed by atoms with Crippen LogP contribution in [0.15, 0.2) is 36.9 Å². The van der Waals surface area contributed by atoms with Crippen molar-refractivity contribution in [2.75, 3.05) is 12.3 Å². The molecule has 0 radical (unpaired) electrons. The van der Waals surface area contributed by atoms with Crippen molar-refractivity contribution < 1.29 is 0 Å². The molecule has 0 amide bonds. The second-order valence-corrected chi connectivity index (χ2v) is 13.8. The lowest BCUT2D eigenvalue weighted by Gasteiger charge is -2.34. The largest absolute Gasteiger partial charge is 0.237 e. The smallest absolute Gasteiger partial charge is 0.150 e. The first kappa shape index (κ1) is 19.3. The predicted octanol–water partition coefficient (Wildman–Crippen LogP) is 3.78. The van der Waals surface area contributed by atoms with Crippen LogP contribution >= 0.6 is 15.8 Å². The number of hydrogen-bond acceptors (Lipinski definition) is 4. The third kappa shape index (κ3) is 5.26. The molecule has 0 spiro atoms. The molecule has 2 aromatic heterocycles. The first-order chi connectivity index (χ1) is 11.2. The maximum Gasteiger partial charge on any atom is 0.150 e. The Bertz CT molecular complexity index is 563. The van der Waals surface area contributed by atoms with E-state index in [9.17, 15) is 0 Å². The Labute approximate surface area is 148 Å². The molecule has 0 fully saturated rings. The first-order valence-electron chi connectivity index (χ1n) is 8.29. The summed E-state index contributed by atoms with van der Waals surface area (Å²) >= 11 is 0. The Morgan fingerprint density at radius 3 is 1.17 bits per heavy atom. The Morgan fingerprint density at radius 1 is 0.625 bits per heavy atom. The summed E-state index contributed by atoms with van der Waals surface area (Å²) in [7, 11) is -0.857. The number of rotatable bonds is 5. The van der Waals surface area contributed by atoms with E-state index < -0.39 is 15.8 Å². The van der Waals surface area contributed by atoms with E-state index in [-0.39, 0.29) is 10.3 Å². The second kappa shape index (κ2) is 7.93. The molecule has 4 nitrogen and oxygen atoms in total. The van der Waals surface area contributed by atoms with E-state index in [1.807, 2.05) is 36.9 Å². The van der Waals surface area contributed by atoms with Gasteiger partial charge in [0.2, 0.25) is 0 Å². The van der Waals surface area contributed by atoms with Crippen LogP contribution < -0.4 is 11.1 Å². The average molecular weight is 362 g/mol. The third-order valence-electron chi connectivity index (χ3n) is 3.75. The normalized spacial score (nSPS) is 15.1. The fourth-order valence-electron chi connectivity index (χ4n) is 2.53. The van der Waals surface area contributed by atoms with Crippen LogP contribution in [0.1, 0.15) is 41.5 Å². The van der Waals surface area contributed by atoms with E-state index in [4.69, 9.17) is 0 Å². The molecule has 130 valence electrons. The molecule has 6 heteroatoms.